The summed E-state index contributed by atoms with van der Waals surface area (Å²) in [6, 6.07) is 3.56. The lowest BCUT2D eigenvalue weighted by atomic mass is 10.0. The molecule has 5 rings (SSSR count). The number of morpholine rings is 1. The van der Waals surface area contributed by atoms with Gasteiger partial charge < -0.3 is 25.6 Å². The number of halogens is 5. The van der Waals surface area contributed by atoms with Crippen LogP contribution in [0.4, 0.5) is 45.0 Å². The molecule has 43 heavy (non-hydrogen) atoms. The van der Waals surface area contributed by atoms with Gasteiger partial charge in [0.05, 0.1) is 41.4 Å². The van der Waals surface area contributed by atoms with Crippen molar-refractivity contribution in [1.29, 1.82) is 0 Å². The third-order valence-electron chi connectivity index (χ3n) is 7.96. The van der Waals surface area contributed by atoms with E-state index in [-0.39, 0.29) is 35.1 Å². The van der Waals surface area contributed by atoms with E-state index in [4.69, 9.17) is 10.5 Å². The van der Waals surface area contributed by atoms with Crippen LogP contribution in [0.1, 0.15) is 29.8 Å². The van der Waals surface area contributed by atoms with E-state index in [1.807, 2.05) is 30.7 Å². The topological polar surface area (TPSA) is 99.8 Å². The molecule has 0 unspecified atom stereocenters. The van der Waals surface area contributed by atoms with Crippen LogP contribution in [0.2, 0.25) is 0 Å². The number of likely N-dealkylation sites (N-methyl/N-ethyl adjacent to an activating group) is 1. The van der Waals surface area contributed by atoms with Crippen LogP contribution < -0.4 is 20.9 Å². The van der Waals surface area contributed by atoms with Crippen LogP contribution in [0.25, 0.3) is 11.1 Å². The third kappa shape index (κ3) is 6.34. The predicted octanol–water partition coefficient (Wildman–Crippen LogP) is 4.64. The first kappa shape index (κ1) is 30.4. The van der Waals surface area contributed by atoms with Crippen LogP contribution in [0.5, 0.6) is 0 Å². The van der Waals surface area contributed by atoms with Gasteiger partial charge in [0.15, 0.2) is 0 Å². The van der Waals surface area contributed by atoms with Crippen molar-refractivity contribution in [3.05, 3.63) is 59.4 Å². The van der Waals surface area contributed by atoms with Gasteiger partial charge in [-0.3, -0.25) is 9.69 Å². The number of carbonyl (C=O) groups excluding carboxylic acids is 1. The van der Waals surface area contributed by atoms with E-state index < -0.39 is 40.5 Å². The van der Waals surface area contributed by atoms with Crippen molar-refractivity contribution in [2.45, 2.75) is 32.1 Å². The van der Waals surface area contributed by atoms with Crippen molar-refractivity contribution in [2.75, 3.05) is 67.3 Å². The summed E-state index contributed by atoms with van der Waals surface area (Å²) in [5, 5.41) is 2.52. The molecule has 1 aromatic heterocycles. The highest BCUT2D eigenvalue weighted by Crippen LogP contribution is 2.38. The molecule has 0 spiro atoms. The number of anilines is 4. The zero-order chi connectivity index (χ0) is 31.1. The molecule has 2 atom stereocenters. The molecule has 0 bridgehead atoms. The first-order valence-electron chi connectivity index (χ1n) is 13.8. The molecule has 0 saturated carbocycles. The van der Waals surface area contributed by atoms with Crippen molar-refractivity contribution in [3.63, 3.8) is 0 Å². The number of aromatic nitrogens is 2. The van der Waals surface area contributed by atoms with Crippen LogP contribution in [0.15, 0.2) is 36.7 Å². The minimum absolute atomic E-state index is 0.0393. The zero-order valence-corrected chi connectivity index (χ0v) is 23.9. The highest BCUT2D eigenvalue weighted by Gasteiger charge is 2.37. The maximum atomic E-state index is 15.7. The van der Waals surface area contributed by atoms with Gasteiger partial charge in [-0.05, 0) is 45.2 Å². The normalized spacial score (nSPS) is 19.9. The van der Waals surface area contributed by atoms with Gasteiger partial charge in [-0.1, -0.05) is 0 Å². The summed E-state index contributed by atoms with van der Waals surface area (Å²) in [6.45, 7) is 7.20. The van der Waals surface area contributed by atoms with E-state index in [9.17, 15) is 22.4 Å². The molecule has 2 fully saturated rings. The summed E-state index contributed by atoms with van der Waals surface area (Å²) in [5.74, 6) is -2.65. The number of nitrogen functional groups attached to an aromatic ring is 1. The lowest BCUT2D eigenvalue weighted by Gasteiger charge is -2.44. The second kappa shape index (κ2) is 11.9. The fourth-order valence-corrected chi connectivity index (χ4v) is 5.34. The fourth-order valence-electron chi connectivity index (χ4n) is 5.34. The van der Waals surface area contributed by atoms with Gasteiger partial charge in [-0.15, -0.1) is 0 Å². The number of amides is 1. The number of alkyl halides is 3. The summed E-state index contributed by atoms with van der Waals surface area (Å²) >= 11 is 0. The lowest BCUT2D eigenvalue weighted by Crippen LogP contribution is -2.55. The van der Waals surface area contributed by atoms with Gasteiger partial charge in [-0.25, -0.2) is 18.7 Å². The summed E-state index contributed by atoms with van der Waals surface area (Å²) in [4.78, 5) is 28.1. The molecule has 0 aliphatic carbocycles. The second-order valence-corrected chi connectivity index (χ2v) is 10.9. The molecular weight excluding hydrogens is 573 g/mol. The molecule has 0 radical (unpaired) electrons. The molecule has 1 amide bonds. The van der Waals surface area contributed by atoms with Gasteiger partial charge in [0, 0.05) is 61.8 Å². The Labute approximate surface area is 245 Å². The molecule has 2 aliphatic heterocycles. The predicted molar refractivity (Wildman–Crippen MR) is 153 cm³/mol. The molecular formula is C29H32F5N7O2. The van der Waals surface area contributed by atoms with Crippen LogP contribution in [-0.2, 0) is 10.9 Å². The number of nitrogens with one attached hydrogen (secondary N) is 1. The summed E-state index contributed by atoms with van der Waals surface area (Å²) in [5.41, 5.74) is 3.28. The molecule has 230 valence electrons. The Bertz CT molecular complexity index is 1480. The van der Waals surface area contributed by atoms with Crippen LogP contribution >= 0.6 is 0 Å². The molecule has 14 heteroatoms. The SMILES string of the molecule is C[C@@H]1CN(c2cc(F)c(-c3cnc(N4CCOCC4)nc3)cc2NC(=O)c2cc(N)c(F)cc2C(F)(F)F)C[C@H](C)N1C. The number of nitrogens with zero attached hydrogens (tertiary/aromatic N) is 5. The van der Waals surface area contributed by atoms with Gasteiger partial charge in [0.1, 0.15) is 11.6 Å². The number of carbonyl (C=O) groups is 1. The van der Waals surface area contributed by atoms with E-state index in [1.165, 1.54) is 24.5 Å². The molecule has 2 aliphatic rings. The Hall–Kier alpha value is -4.04. The quantitative estimate of drug-likeness (QED) is 0.321. The Morgan fingerprint density at radius 2 is 1.60 bits per heavy atom. The molecule has 2 aromatic carbocycles. The first-order chi connectivity index (χ1) is 20.3. The summed E-state index contributed by atoms with van der Waals surface area (Å²) in [6.07, 6.45) is -2.13. The van der Waals surface area contributed by atoms with E-state index in [0.29, 0.717) is 57.0 Å². The monoisotopic (exact) mass is 605 g/mol. The van der Waals surface area contributed by atoms with E-state index >= 15 is 4.39 Å². The molecule has 9 nitrogen and oxygen atoms in total. The van der Waals surface area contributed by atoms with Crippen molar-refractivity contribution in [2.24, 2.45) is 0 Å². The second-order valence-electron chi connectivity index (χ2n) is 10.9. The lowest BCUT2D eigenvalue weighted by molar-refractivity contribution is -0.138. The van der Waals surface area contributed by atoms with Crippen LogP contribution in [0.3, 0.4) is 0 Å². The largest absolute Gasteiger partial charge is 0.417 e. The molecule has 3 heterocycles. The zero-order valence-electron chi connectivity index (χ0n) is 23.9. The highest BCUT2D eigenvalue weighted by atomic mass is 19.4. The average molecular weight is 606 g/mol. The van der Waals surface area contributed by atoms with Crippen molar-refractivity contribution in [3.8, 4) is 11.1 Å². The standard InChI is InChI=1S/C29H32F5N7O2/c1-16-14-41(15-17(2)39(16)3)26-11-22(30)19(18-12-36-28(37-13-18)40-4-6-43-7-5-40)9-25(26)38-27(42)20-8-24(35)23(31)10-21(20)29(32,33)34/h8-13,16-17H,4-7,14-15,35H2,1-3H3,(H,38,42)/t16-,17+. The van der Waals surface area contributed by atoms with Crippen LogP contribution in [-0.4, -0.2) is 79.3 Å². The Morgan fingerprint density at radius 3 is 2.21 bits per heavy atom. The smallest absolute Gasteiger partial charge is 0.396 e. The highest BCUT2D eigenvalue weighted by molar-refractivity contribution is 6.08. The number of piperazine rings is 1. The van der Waals surface area contributed by atoms with Crippen molar-refractivity contribution in [1.82, 2.24) is 14.9 Å². The number of benzene rings is 2. The average Bonchev–Trinajstić information content (AvgIpc) is 2.97. The van der Waals surface area contributed by atoms with Gasteiger partial charge in [0.25, 0.3) is 5.91 Å². The van der Waals surface area contributed by atoms with Gasteiger partial charge >= 0.3 is 6.18 Å². The minimum atomic E-state index is -5.03. The number of ether oxygens (including phenoxy) is 1. The molecule has 2 saturated heterocycles. The number of nitrogens with two attached hydrogens (primary N) is 1. The van der Waals surface area contributed by atoms with Crippen molar-refractivity contribution < 1.29 is 31.5 Å². The maximum Gasteiger partial charge on any atom is 0.417 e. The van der Waals surface area contributed by atoms with Gasteiger partial charge in [0.2, 0.25) is 5.95 Å². The Morgan fingerprint density at radius 1 is 0.977 bits per heavy atom. The number of rotatable bonds is 5. The van der Waals surface area contributed by atoms with E-state index in [1.54, 1.807) is 0 Å². The van der Waals surface area contributed by atoms with E-state index in [2.05, 4.69) is 20.2 Å². The summed E-state index contributed by atoms with van der Waals surface area (Å²) < 4.78 is 76.4. The summed E-state index contributed by atoms with van der Waals surface area (Å²) in [7, 11) is 1.97. The first-order valence-corrected chi connectivity index (χ1v) is 13.8. The Kier molecular flexibility index (Phi) is 8.43. The van der Waals surface area contributed by atoms with E-state index in [0.717, 1.165) is 0 Å². The molecule has 3 aromatic rings. The number of hydrogen-bond donors (Lipinski definition) is 2. The van der Waals surface area contributed by atoms with Gasteiger partial charge in [-0.2, -0.15) is 13.2 Å². The Balaban J connectivity index is 1.56. The third-order valence-corrected chi connectivity index (χ3v) is 7.96. The minimum Gasteiger partial charge on any atom is -0.396 e. The number of hydrogen-bond acceptors (Lipinski definition) is 8. The molecule has 3 N–H and O–H groups in total. The van der Waals surface area contributed by atoms with Crippen molar-refractivity contribution >= 4 is 28.9 Å². The fraction of sp³-hybridized carbons (Fsp3) is 0.414. The maximum absolute atomic E-state index is 15.7. The van der Waals surface area contributed by atoms with Crippen LogP contribution in [0, 0.1) is 11.6 Å².